The van der Waals surface area contributed by atoms with Gasteiger partial charge in [-0.1, -0.05) is 24.6 Å². The number of anilines is 1. The lowest BCUT2D eigenvalue weighted by Gasteiger charge is -2.30. The zero-order chi connectivity index (χ0) is 19.1. The summed E-state index contributed by atoms with van der Waals surface area (Å²) < 4.78 is 5.57. The Labute approximate surface area is 156 Å². The molecule has 1 saturated heterocycles. The van der Waals surface area contributed by atoms with Crippen molar-refractivity contribution in [2.45, 2.75) is 65.5 Å². The maximum Gasteiger partial charge on any atom is 0.410 e. The smallest absolute Gasteiger partial charge is 0.410 e. The zero-order valence-electron chi connectivity index (χ0n) is 16.5. The third kappa shape index (κ3) is 3.71. The van der Waals surface area contributed by atoms with Gasteiger partial charge in [0, 0.05) is 12.2 Å². The van der Waals surface area contributed by atoms with Gasteiger partial charge in [-0.15, -0.1) is 0 Å². The van der Waals surface area contributed by atoms with Crippen LogP contribution in [0.1, 0.15) is 51.2 Å². The van der Waals surface area contributed by atoms with E-state index in [1.165, 1.54) is 0 Å². The molecule has 1 aromatic carbocycles. The molecule has 0 radical (unpaired) electrons. The number of amides is 2. The van der Waals surface area contributed by atoms with Crippen LogP contribution in [0, 0.1) is 25.7 Å². The highest BCUT2D eigenvalue weighted by atomic mass is 16.6. The number of likely N-dealkylation sites (tertiary alicyclic amines) is 1. The fraction of sp³-hybridized carbons (Fsp3) is 0.619. The molecule has 1 aromatic rings. The predicted molar refractivity (Wildman–Crippen MR) is 102 cm³/mol. The van der Waals surface area contributed by atoms with Crippen LogP contribution in [0.2, 0.25) is 0 Å². The van der Waals surface area contributed by atoms with Gasteiger partial charge in [0.1, 0.15) is 11.6 Å². The zero-order valence-corrected chi connectivity index (χ0v) is 16.5. The Bertz CT molecular complexity index is 687. The number of nitrogens with zero attached hydrogens (tertiary/aromatic N) is 1. The van der Waals surface area contributed by atoms with Gasteiger partial charge in [0.2, 0.25) is 5.91 Å². The van der Waals surface area contributed by atoms with Crippen molar-refractivity contribution < 1.29 is 14.3 Å². The van der Waals surface area contributed by atoms with Crippen LogP contribution < -0.4 is 5.32 Å². The number of benzene rings is 1. The second-order valence-corrected chi connectivity index (χ2v) is 8.69. The van der Waals surface area contributed by atoms with E-state index in [4.69, 9.17) is 4.74 Å². The molecule has 3 unspecified atom stereocenters. The van der Waals surface area contributed by atoms with Gasteiger partial charge in [-0.05, 0) is 70.4 Å². The minimum absolute atomic E-state index is 0.0948. The summed E-state index contributed by atoms with van der Waals surface area (Å²) in [6, 6.07) is 5.51. The van der Waals surface area contributed by atoms with Crippen molar-refractivity contribution in [1.29, 1.82) is 0 Å². The lowest BCUT2D eigenvalue weighted by Crippen LogP contribution is -2.47. The first kappa shape index (κ1) is 18.7. The molecular weight excluding hydrogens is 328 g/mol. The van der Waals surface area contributed by atoms with Crippen LogP contribution in [0.4, 0.5) is 10.5 Å². The fourth-order valence-electron chi connectivity index (χ4n) is 4.36. The highest BCUT2D eigenvalue weighted by molar-refractivity contribution is 5.98. The lowest BCUT2D eigenvalue weighted by atomic mass is 9.93. The Morgan fingerprint density at radius 3 is 2.42 bits per heavy atom. The molecule has 5 heteroatoms. The molecular formula is C21H30N2O3. The molecule has 2 amide bonds. The number of nitrogens with one attached hydrogen (secondary N) is 1. The molecule has 3 rings (SSSR count). The molecule has 1 aliphatic heterocycles. The maximum absolute atomic E-state index is 13.2. The topological polar surface area (TPSA) is 58.6 Å². The highest BCUT2D eigenvalue weighted by Gasteiger charge is 2.50. The number of carbonyl (C=O) groups excluding carboxylic acids is 2. The van der Waals surface area contributed by atoms with Crippen LogP contribution in [-0.4, -0.2) is 35.1 Å². The molecule has 0 bridgehead atoms. The molecule has 26 heavy (non-hydrogen) atoms. The number of fused-ring (bicyclic) bond motifs is 1. The van der Waals surface area contributed by atoms with Gasteiger partial charge in [-0.25, -0.2) is 4.79 Å². The third-order valence-corrected chi connectivity index (χ3v) is 5.52. The van der Waals surface area contributed by atoms with Gasteiger partial charge in [0.15, 0.2) is 0 Å². The van der Waals surface area contributed by atoms with E-state index in [0.717, 1.165) is 36.1 Å². The Morgan fingerprint density at radius 2 is 1.81 bits per heavy atom. The summed E-state index contributed by atoms with van der Waals surface area (Å²) >= 11 is 0. The molecule has 2 aliphatic rings. The summed E-state index contributed by atoms with van der Waals surface area (Å²) in [6.45, 7) is 10.2. The molecule has 1 N–H and O–H groups in total. The molecule has 2 fully saturated rings. The Morgan fingerprint density at radius 1 is 1.15 bits per heavy atom. The van der Waals surface area contributed by atoms with Gasteiger partial charge in [-0.3, -0.25) is 9.69 Å². The molecule has 3 atom stereocenters. The standard InChI is InChI=1S/C21H30N2O3/c1-13-8-6-9-14(2)17(13)22-19(24)18-16-11-7-10-15(16)12-23(18)20(25)26-21(3,4)5/h6,8-9,15-16,18H,7,10-12H2,1-5H3,(H,22,24). The number of aryl methyl sites for hydroxylation is 2. The van der Waals surface area contributed by atoms with E-state index in [0.29, 0.717) is 12.5 Å². The summed E-state index contributed by atoms with van der Waals surface area (Å²) in [6.07, 6.45) is 2.82. The Balaban J connectivity index is 1.83. The van der Waals surface area contributed by atoms with Crippen molar-refractivity contribution in [1.82, 2.24) is 4.90 Å². The van der Waals surface area contributed by atoms with E-state index < -0.39 is 11.6 Å². The minimum Gasteiger partial charge on any atom is -0.444 e. The van der Waals surface area contributed by atoms with Gasteiger partial charge in [0.25, 0.3) is 0 Å². The number of hydrogen-bond acceptors (Lipinski definition) is 3. The van der Waals surface area contributed by atoms with E-state index in [9.17, 15) is 9.59 Å². The second-order valence-electron chi connectivity index (χ2n) is 8.69. The van der Waals surface area contributed by atoms with Gasteiger partial charge in [0.05, 0.1) is 0 Å². The Hall–Kier alpha value is -2.04. The third-order valence-electron chi connectivity index (χ3n) is 5.52. The van der Waals surface area contributed by atoms with E-state index in [-0.39, 0.29) is 17.9 Å². The number of para-hydroxylation sites is 1. The number of carbonyl (C=O) groups is 2. The van der Waals surface area contributed by atoms with Crippen molar-refractivity contribution in [3.05, 3.63) is 29.3 Å². The van der Waals surface area contributed by atoms with Crippen LogP contribution in [-0.2, 0) is 9.53 Å². The highest BCUT2D eigenvalue weighted by Crippen LogP contribution is 2.43. The quantitative estimate of drug-likeness (QED) is 0.858. The molecule has 0 aromatic heterocycles. The lowest BCUT2D eigenvalue weighted by molar-refractivity contribution is -0.121. The SMILES string of the molecule is Cc1cccc(C)c1NC(=O)C1C2CCCC2CN1C(=O)OC(C)(C)C. The van der Waals surface area contributed by atoms with Crippen molar-refractivity contribution >= 4 is 17.7 Å². The van der Waals surface area contributed by atoms with Crippen molar-refractivity contribution in [3.63, 3.8) is 0 Å². The summed E-state index contributed by atoms with van der Waals surface area (Å²) in [7, 11) is 0. The van der Waals surface area contributed by atoms with Gasteiger partial charge in [-0.2, -0.15) is 0 Å². The average Bonchev–Trinajstić information content (AvgIpc) is 3.09. The van der Waals surface area contributed by atoms with Gasteiger partial charge < -0.3 is 10.1 Å². The maximum atomic E-state index is 13.2. The van der Waals surface area contributed by atoms with E-state index >= 15 is 0 Å². The molecule has 142 valence electrons. The molecule has 1 saturated carbocycles. The summed E-state index contributed by atoms with van der Waals surface area (Å²) in [5.74, 6) is 0.533. The predicted octanol–water partition coefficient (Wildman–Crippen LogP) is 4.28. The number of rotatable bonds is 2. The van der Waals surface area contributed by atoms with Crippen molar-refractivity contribution in [3.8, 4) is 0 Å². The summed E-state index contributed by atoms with van der Waals surface area (Å²) in [5, 5.41) is 3.09. The first-order valence-corrected chi connectivity index (χ1v) is 9.54. The van der Waals surface area contributed by atoms with Gasteiger partial charge >= 0.3 is 6.09 Å². The molecule has 1 aliphatic carbocycles. The van der Waals surface area contributed by atoms with Crippen LogP contribution >= 0.6 is 0 Å². The largest absolute Gasteiger partial charge is 0.444 e. The summed E-state index contributed by atoms with van der Waals surface area (Å²) in [4.78, 5) is 27.6. The normalized spacial score (nSPS) is 25.1. The van der Waals surface area contributed by atoms with E-state index in [1.807, 2.05) is 52.8 Å². The van der Waals surface area contributed by atoms with E-state index in [2.05, 4.69) is 5.32 Å². The van der Waals surface area contributed by atoms with Crippen molar-refractivity contribution in [2.75, 3.05) is 11.9 Å². The first-order valence-electron chi connectivity index (χ1n) is 9.54. The average molecular weight is 358 g/mol. The van der Waals surface area contributed by atoms with Crippen molar-refractivity contribution in [2.24, 2.45) is 11.8 Å². The molecule has 5 nitrogen and oxygen atoms in total. The molecule has 0 spiro atoms. The number of ether oxygens (including phenoxy) is 1. The van der Waals surface area contributed by atoms with Crippen LogP contribution in [0.3, 0.4) is 0 Å². The van der Waals surface area contributed by atoms with Crippen LogP contribution in [0.25, 0.3) is 0 Å². The number of hydrogen-bond donors (Lipinski definition) is 1. The van der Waals surface area contributed by atoms with E-state index in [1.54, 1.807) is 4.90 Å². The minimum atomic E-state index is -0.567. The fourth-order valence-corrected chi connectivity index (χ4v) is 4.36. The monoisotopic (exact) mass is 358 g/mol. The molecule has 1 heterocycles. The van der Waals surface area contributed by atoms with Crippen LogP contribution in [0.5, 0.6) is 0 Å². The summed E-state index contributed by atoms with van der Waals surface area (Å²) in [5.41, 5.74) is 2.34. The Kier molecular flexibility index (Phi) is 5.00. The second kappa shape index (κ2) is 6.93. The van der Waals surface area contributed by atoms with Crippen LogP contribution in [0.15, 0.2) is 18.2 Å². The first-order chi connectivity index (χ1) is 12.2.